The number of rotatable bonds is 7. The van der Waals surface area contributed by atoms with Crippen molar-refractivity contribution in [3.8, 4) is 0 Å². The summed E-state index contributed by atoms with van der Waals surface area (Å²) in [7, 11) is 0. The van der Waals surface area contributed by atoms with Crippen LogP contribution in [0.5, 0.6) is 0 Å². The molecule has 3 heterocycles. The van der Waals surface area contributed by atoms with E-state index in [9.17, 15) is 24.0 Å². The Morgan fingerprint density at radius 3 is 2.69 bits per heavy atom. The van der Waals surface area contributed by atoms with Gasteiger partial charge in [0.2, 0.25) is 23.6 Å². The molecule has 2 aliphatic heterocycles. The molecule has 1 aromatic rings. The van der Waals surface area contributed by atoms with E-state index < -0.39 is 41.9 Å². The van der Waals surface area contributed by atoms with Gasteiger partial charge in [-0.3, -0.25) is 19.2 Å². The molecule has 2 fully saturated rings. The predicted octanol–water partition coefficient (Wildman–Crippen LogP) is -0.942. The van der Waals surface area contributed by atoms with Gasteiger partial charge in [0.1, 0.15) is 24.5 Å². The molecule has 0 spiro atoms. The topological polar surface area (TPSA) is 166 Å². The maximum absolute atomic E-state index is 13.3. The summed E-state index contributed by atoms with van der Waals surface area (Å²) in [5.41, 5.74) is 5.79. The third-order valence-corrected chi connectivity index (χ3v) is 5.45. The number of primary amides is 1. The normalized spacial score (nSPS) is 21.3. The fourth-order valence-corrected chi connectivity index (χ4v) is 3.91. The Kier molecular flexibility index (Phi) is 7.11. The number of nitrogens with one attached hydrogen (secondary N) is 2. The van der Waals surface area contributed by atoms with Gasteiger partial charge in [0.05, 0.1) is 11.8 Å². The van der Waals surface area contributed by atoms with Gasteiger partial charge in [0, 0.05) is 25.6 Å². The number of aromatic nitrogens is 2. The zero-order chi connectivity index (χ0) is 23.4. The minimum Gasteiger partial charge on any atom is -0.446 e. The van der Waals surface area contributed by atoms with Gasteiger partial charge in [-0.05, 0) is 33.1 Å². The van der Waals surface area contributed by atoms with Crippen LogP contribution in [0.4, 0.5) is 4.79 Å². The lowest BCUT2D eigenvalue weighted by Gasteiger charge is -2.28. The number of nitrogens with zero attached hydrogens (tertiary/aromatic N) is 3. The fourth-order valence-electron chi connectivity index (χ4n) is 3.91. The number of likely N-dealkylation sites (tertiary alicyclic amines) is 1. The van der Waals surface area contributed by atoms with Crippen molar-refractivity contribution < 1.29 is 28.7 Å². The number of carbonyl (C=O) groups is 5. The van der Waals surface area contributed by atoms with E-state index in [1.807, 2.05) is 0 Å². The molecule has 0 saturated carbocycles. The second kappa shape index (κ2) is 9.79. The van der Waals surface area contributed by atoms with E-state index in [0.717, 1.165) is 0 Å². The van der Waals surface area contributed by atoms with Crippen LogP contribution >= 0.6 is 0 Å². The predicted molar refractivity (Wildman–Crippen MR) is 110 cm³/mol. The number of amides is 4. The minimum atomic E-state index is -1.10. The minimum absolute atomic E-state index is 0.0690. The molecule has 12 nitrogen and oxygen atoms in total. The molecule has 0 aromatic carbocycles. The summed E-state index contributed by atoms with van der Waals surface area (Å²) >= 11 is 0. The molecule has 3 atom stereocenters. The number of carbonyl (C=O) groups excluding carboxylic acids is 5. The number of hydrogen-bond acceptors (Lipinski definition) is 7. The third kappa shape index (κ3) is 5.24. The summed E-state index contributed by atoms with van der Waals surface area (Å²) in [5, 5.41) is 5.23. The quantitative estimate of drug-likeness (QED) is 0.484. The summed E-state index contributed by atoms with van der Waals surface area (Å²) in [5.74, 6) is -1.86. The molecule has 32 heavy (non-hydrogen) atoms. The molecule has 0 bridgehead atoms. The van der Waals surface area contributed by atoms with Gasteiger partial charge in [-0.2, -0.15) is 0 Å². The van der Waals surface area contributed by atoms with Crippen LogP contribution in [-0.2, 0) is 30.3 Å². The monoisotopic (exact) mass is 448 g/mol. The summed E-state index contributed by atoms with van der Waals surface area (Å²) < 4.78 is 6.36. The smallest absolute Gasteiger partial charge is 0.419 e. The third-order valence-electron chi connectivity index (χ3n) is 5.45. The zero-order valence-electron chi connectivity index (χ0n) is 18.1. The molecule has 12 heteroatoms. The molecule has 174 valence electrons. The van der Waals surface area contributed by atoms with Gasteiger partial charge in [-0.1, -0.05) is 0 Å². The van der Waals surface area contributed by atoms with Crippen LogP contribution in [0.1, 0.15) is 45.2 Å². The molecule has 0 radical (unpaired) electrons. The first-order valence-electron chi connectivity index (χ1n) is 10.6. The van der Waals surface area contributed by atoms with Gasteiger partial charge < -0.3 is 26.0 Å². The van der Waals surface area contributed by atoms with Crippen molar-refractivity contribution in [1.29, 1.82) is 0 Å². The van der Waals surface area contributed by atoms with Gasteiger partial charge in [0.25, 0.3) is 0 Å². The van der Waals surface area contributed by atoms with Crippen LogP contribution in [0.3, 0.4) is 0 Å². The largest absolute Gasteiger partial charge is 0.446 e. The summed E-state index contributed by atoms with van der Waals surface area (Å²) in [6.07, 6.45) is 3.17. The second-order valence-electron chi connectivity index (χ2n) is 8.20. The fraction of sp³-hybridized carbons (Fsp3) is 0.600. The first kappa shape index (κ1) is 23.2. The number of imidazole rings is 1. The van der Waals surface area contributed by atoms with Crippen molar-refractivity contribution in [3.63, 3.8) is 0 Å². The van der Waals surface area contributed by atoms with E-state index in [1.165, 1.54) is 22.0 Å². The number of nitrogens with two attached hydrogens (primary N) is 1. The Morgan fingerprint density at radius 2 is 2.06 bits per heavy atom. The molecule has 4 N–H and O–H groups in total. The van der Waals surface area contributed by atoms with E-state index in [0.29, 0.717) is 31.5 Å². The SMILES string of the molecule is CC(C)OC(=O)n1cncc1CC(NC(=O)C1CCC(=O)N1)C(=O)N1CCC[C@H]1C(N)=O. The molecule has 2 unspecified atom stereocenters. The zero-order valence-corrected chi connectivity index (χ0v) is 18.1. The van der Waals surface area contributed by atoms with E-state index in [2.05, 4.69) is 15.6 Å². The van der Waals surface area contributed by atoms with Crippen LogP contribution in [0, 0.1) is 0 Å². The maximum Gasteiger partial charge on any atom is 0.419 e. The Balaban J connectivity index is 1.82. The average Bonchev–Trinajstić information content (AvgIpc) is 3.46. The lowest BCUT2D eigenvalue weighted by atomic mass is 10.1. The first-order chi connectivity index (χ1) is 15.2. The molecule has 0 aliphatic carbocycles. The van der Waals surface area contributed by atoms with Crippen molar-refractivity contribution in [2.45, 2.75) is 70.2 Å². The average molecular weight is 448 g/mol. The Hall–Kier alpha value is -3.44. The van der Waals surface area contributed by atoms with E-state index in [-0.39, 0.29) is 24.9 Å². The van der Waals surface area contributed by atoms with E-state index in [4.69, 9.17) is 10.5 Å². The highest BCUT2D eigenvalue weighted by atomic mass is 16.6. The lowest BCUT2D eigenvalue weighted by Crippen LogP contribution is -2.56. The summed E-state index contributed by atoms with van der Waals surface area (Å²) in [6.45, 7) is 3.73. The van der Waals surface area contributed by atoms with Crippen molar-refractivity contribution in [1.82, 2.24) is 25.1 Å². The lowest BCUT2D eigenvalue weighted by molar-refractivity contribution is -0.140. The Morgan fingerprint density at radius 1 is 1.31 bits per heavy atom. The molecule has 1 aromatic heterocycles. The molecule has 3 rings (SSSR count). The van der Waals surface area contributed by atoms with Gasteiger partial charge >= 0.3 is 6.09 Å². The first-order valence-corrected chi connectivity index (χ1v) is 10.6. The van der Waals surface area contributed by atoms with Gasteiger partial charge in [0.15, 0.2) is 0 Å². The van der Waals surface area contributed by atoms with Crippen molar-refractivity contribution in [2.75, 3.05) is 6.54 Å². The van der Waals surface area contributed by atoms with Gasteiger partial charge in [-0.15, -0.1) is 0 Å². The molecule has 2 aliphatic rings. The molecular formula is C20H28N6O6. The number of hydrogen-bond donors (Lipinski definition) is 3. The molecular weight excluding hydrogens is 420 g/mol. The van der Waals surface area contributed by atoms with E-state index >= 15 is 0 Å². The number of ether oxygens (including phenoxy) is 1. The van der Waals surface area contributed by atoms with Gasteiger partial charge in [-0.25, -0.2) is 14.3 Å². The van der Waals surface area contributed by atoms with Crippen LogP contribution in [0.25, 0.3) is 0 Å². The van der Waals surface area contributed by atoms with Crippen LogP contribution in [0.2, 0.25) is 0 Å². The standard InChI is InChI=1S/C20H28N6O6/c1-11(2)32-20(31)26-10-22-9-12(26)8-14(24-18(29)13-5-6-16(27)23-13)19(30)25-7-3-4-15(25)17(21)28/h9-11,13-15H,3-8H2,1-2H3,(H2,21,28)(H,23,27)(H,24,29)/t13?,14?,15-/m0/s1. The van der Waals surface area contributed by atoms with E-state index in [1.54, 1.807) is 13.8 Å². The summed E-state index contributed by atoms with van der Waals surface area (Å²) in [4.78, 5) is 67.0. The molecule has 4 amide bonds. The highest BCUT2D eigenvalue weighted by molar-refractivity contribution is 5.95. The Bertz CT molecular complexity index is 912. The Labute approximate surface area is 184 Å². The summed E-state index contributed by atoms with van der Waals surface area (Å²) in [6, 6.07) is -2.61. The second-order valence-corrected chi connectivity index (χ2v) is 8.20. The van der Waals surface area contributed by atoms with Crippen molar-refractivity contribution >= 4 is 29.7 Å². The van der Waals surface area contributed by atoms with Crippen LogP contribution in [-0.4, -0.2) is 74.9 Å². The van der Waals surface area contributed by atoms with Crippen molar-refractivity contribution in [3.05, 3.63) is 18.2 Å². The molecule has 2 saturated heterocycles. The van der Waals surface area contributed by atoms with Crippen molar-refractivity contribution in [2.24, 2.45) is 5.73 Å². The maximum atomic E-state index is 13.3. The highest BCUT2D eigenvalue weighted by Gasteiger charge is 2.38. The van der Waals surface area contributed by atoms with Crippen LogP contribution in [0.15, 0.2) is 12.5 Å². The highest BCUT2D eigenvalue weighted by Crippen LogP contribution is 2.20. The van der Waals surface area contributed by atoms with Crippen LogP contribution < -0.4 is 16.4 Å².